The van der Waals surface area contributed by atoms with Gasteiger partial charge in [-0.2, -0.15) is 0 Å². The fourth-order valence-corrected chi connectivity index (χ4v) is 2.99. The SMILES string of the molecule is O=C(Nc1ccccc1C(=O)Nc1ccc(F)cc1)c1ccccc1I. The Labute approximate surface area is 163 Å². The molecule has 0 aromatic heterocycles. The van der Waals surface area contributed by atoms with Crippen LogP contribution in [0.1, 0.15) is 20.7 Å². The summed E-state index contributed by atoms with van der Waals surface area (Å²) in [7, 11) is 0. The molecule has 4 nitrogen and oxygen atoms in total. The normalized spacial score (nSPS) is 10.2. The second-order valence-corrected chi connectivity index (χ2v) is 6.60. The zero-order valence-electron chi connectivity index (χ0n) is 13.5. The minimum Gasteiger partial charge on any atom is -0.322 e. The van der Waals surface area contributed by atoms with Gasteiger partial charge < -0.3 is 10.6 Å². The van der Waals surface area contributed by atoms with Crippen molar-refractivity contribution in [1.82, 2.24) is 0 Å². The highest BCUT2D eigenvalue weighted by Crippen LogP contribution is 2.20. The monoisotopic (exact) mass is 460 g/mol. The number of anilines is 2. The second kappa shape index (κ2) is 8.09. The fraction of sp³-hybridized carbons (Fsp3) is 0. The van der Waals surface area contributed by atoms with E-state index in [1.807, 2.05) is 12.1 Å². The first-order valence-corrected chi connectivity index (χ1v) is 8.84. The van der Waals surface area contributed by atoms with Crippen LogP contribution in [0.4, 0.5) is 15.8 Å². The lowest BCUT2D eigenvalue weighted by Crippen LogP contribution is -2.18. The molecular weight excluding hydrogens is 446 g/mol. The number of benzene rings is 3. The van der Waals surface area contributed by atoms with Crippen molar-refractivity contribution < 1.29 is 14.0 Å². The Bertz CT molecular complexity index is 958. The van der Waals surface area contributed by atoms with Gasteiger partial charge in [-0.15, -0.1) is 0 Å². The molecule has 0 heterocycles. The van der Waals surface area contributed by atoms with Gasteiger partial charge in [-0.05, 0) is 71.1 Å². The Morgan fingerprint density at radius 1 is 0.731 bits per heavy atom. The molecule has 0 aliphatic carbocycles. The van der Waals surface area contributed by atoms with Gasteiger partial charge in [-0.25, -0.2) is 4.39 Å². The maximum atomic E-state index is 13.0. The number of rotatable bonds is 4. The molecule has 0 radical (unpaired) electrons. The van der Waals surface area contributed by atoms with Crippen LogP contribution in [0.25, 0.3) is 0 Å². The van der Waals surface area contributed by atoms with E-state index in [1.54, 1.807) is 36.4 Å². The first-order valence-electron chi connectivity index (χ1n) is 7.76. The van der Waals surface area contributed by atoms with E-state index in [0.29, 0.717) is 22.5 Å². The second-order valence-electron chi connectivity index (χ2n) is 5.44. The Balaban J connectivity index is 1.81. The van der Waals surface area contributed by atoms with E-state index in [9.17, 15) is 14.0 Å². The maximum absolute atomic E-state index is 13.0. The molecule has 3 rings (SSSR count). The van der Waals surface area contributed by atoms with Crippen molar-refractivity contribution in [2.24, 2.45) is 0 Å². The van der Waals surface area contributed by atoms with E-state index in [4.69, 9.17) is 0 Å². The summed E-state index contributed by atoms with van der Waals surface area (Å²) in [5, 5.41) is 5.47. The molecule has 0 saturated heterocycles. The van der Waals surface area contributed by atoms with Crippen molar-refractivity contribution in [1.29, 1.82) is 0 Å². The lowest BCUT2D eigenvalue weighted by Gasteiger charge is -2.12. The van der Waals surface area contributed by atoms with Crippen LogP contribution in [0.15, 0.2) is 72.8 Å². The lowest BCUT2D eigenvalue weighted by molar-refractivity contribution is 0.102. The van der Waals surface area contributed by atoms with E-state index in [-0.39, 0.29) is 11.7 Å². The van der Waals surface area contributed by atoms with Crippen molar-refractivity contribution in [3.63, 3.8) is 0 Å². The average molecular weight is 460 g/mol. The summed E-state index contributed by atoms with van der Waals surface area (Å²) in [6, 6.07) is 19.4. The molecule has 2 amide bonds. The van der Waals surface area contributed by atoms with Crippen molar-refractivity contribution in [2.75, 3.05) is 10.6 Å². The first-order chi connectivity index (χ1) is 12.5. The molecular formula is C20H14FIN2O2. The van der Waals surface area contributed by atoms with E-state index in [2.05, 4.69) is 33.2 Å². The van der Waals surface area contributed by atoms with Gasteiger partial charge >= 0.3 is 0 Å². The van der Waals surface area contributed by atoms with Crippen molar-refractivity contribution in [3.8, 4) is 0 Å². The van der Waals surface area contributed by atoms with Crippen molar-refractivity contribution in [2.45, 2.75) is 0 Å². The first kappa shape index (κ1) is 18.1. The summed E-state index contributed by atoms with van der Waals surface area (Å²) in [4.78, 5) is 25.1. The van der Waals surface area contributed by atoms with E-state index in [1.165, 1.54) is 24.3 Å². The zero-order chi connectivity index (χ0) is 18.5. The number of carbonyl (C=O) groups excluding carboxylic acids is 2. The minimum absolute atomic E-state index is 0.294. The van der Waals surface area contributed by atoms with Crippen LogP contribution >= 0.6 is 22.6 Å². The summed E-state index contributed by atoms with van der Waals surface area (Å²) in [6.07, 6.45) is 0. The number of hydrogen-bond donors (Lipinski definition) is 2. The number of amides is 2. The third kappa shape index (κ3) is 4.26. The van der Waals surface area contributed by atoms with E-state index < -0.39 is 5.91 Å². The summed E-state index contributed by atoms with van der Waals surface area (Å²) in [5.41, 5.74) is 1.71. The third-order valence-corrected chi connectivity index (χ3v) is 4.58. The Kier molecular flexibility index (Phi) is 5.62. The third-order valence-electron chi connectivity index (χ3n) is 3.64. The summed E-state index contributed by atoms with van der Waals surface area (Å²) in [6.45, 7) is 0. The van der Waals surface area contributed by atoms with Gasteiger partial charge in [0.1, 0.15) is 5.82 Å². The minimum atomic E-state index is -0.393. The highest BCUT2D eigenvalue weighted by Gasteiger charge is 2.15. The van der Waals surface area contributed by atoms with Gasteiger partial charge in [0.05, 0.1) is 16.8 Å². The molecule has 2 N–H and O–H groups in total. The molecule has 0 spiro atoms. The Morgan fingerprint density at radius 2 is 1.31 bits per heavy atom. The summed E-state index contributed by atoms with van der Waals surface area (Å²) >= 11 is 2.09. The predicted octanol–water partition coefficient (Wildman–Crippen LogP) is 4.93. The zero-order valence-corrected chi connectivity index (χ0v) is 15.7. The van der Waals surface area contributed by atoms with E-state index >= 15 is 0 Å². The van der Waals surface area contributed by atoms with Crippen LogP contribution in [-0.2, 0) is 0 Å². The number of nitrogens with one attached hydrogen (secondary N) is 2. The molecule has 0 aliphatic heterocycles. The molecule has 26 heavy (non-hydrogen) atoms. The van der Waals surface area contributed by atoms with Crippen LogP contribution in [0.2, 0.25) is 0 Å². The molecule has 0 atom stereocenters. The van der Waals surface area contributed by atoms with Crippen LogP contribution in [0.5, 0.6) is 0 Å². The number of para-hydroxylation sites is 1. The number of hydrogen-bond acceptors (Lipinski definition) is 2. The molecule has 3 aromatic rings. The molecule has 0 fully saturated rings. The average Bonchev–Trinajstić information content (AvgIpc) is 2.64. The van der Waals surface area contributed by atoms with Crippen LogP contribution in [-0.4, -0.2) is 11.8 Å². The van der Waals surface area contributed by atoms with Gasteiger partial charge in [-0.1, -0.05) is 24.3 Å². The fourth-order valence-electron chi connectivity index (χ4n) is 2.36. The number of halogens is 2. The quantitative estimate of drug-likeness (QED) is 0.543. The van der Waals surface area contributed by atoms with Crippen LogP contribution in [0.3, 0.4) is 0 Å². The van der Waals surface area contributed by atoms with Crippen molar-refractivity contribution >= 4 is 45.8 Å². The molecule has 0 bridgehead atoms. The summed E-state index contributed by atoms with van der Waals surface area (Å²) < 4.78 is 13.8. The van der Waals surface area contributed by atoms with E-state index in [0.717, 1.165) is 3.57 Å². The molecule has 0 saturated carbocycles. The van der Waals surface area contributed by atoms with Gasteiger partial charge in [-0.3, -0.25) is 9.59 Å². The van der Waals surface area contributed by atoms with Crippen LogP contribution < -0.4 is 10.6 Å². The summed E-state index contributed by atoms with van der Waals surface area (Å²) in [5.74, 6) is -1.07. The largest absolute Gasteiger partial charge is 0.322 e. The van der Waals surface area contributed by atoms with Crippen molar-refractivity contribution in [3.05, 3.63) is 93.3 Å². The van der Waals surface area contributed by atoms with Crippen LogP contribution in [0, 0.1) is 9.39 Å². The van der Waals surface area contributed by atoms with Gasteiger partial charge in [0.25, 0.3) is 11.8 Å². The molecule has 3 aromatic carbocycles. The molecule has 6 heteroatoms. The Hall–Kier alpha value is -2.74. The predicted molar refractivity (Wildman–Crippen MR) is 108 cm³/mol. The lowest BCUT2D eigenvalue weighted by atomic mass is 10.1. The number of carbonyl (C=O) groups is 2. The maximum Gasteiger partial charge on any atom is 0.257 e. The van der Waals surface area contributed by atoms with Gasteiger partial charge in [0.2, 0.25) is 0 Å². The highest BCUT2D eigenvalue weighted by molar-refractivity contribution is 14.1. The molecule has 0 unspecified atom stereocenters. The smallest absolute Gasteiger partial charge is 0.257 e. The molecule has 0 aliphatic rings. The highest BCUT2D eigenvalue weighted by atomic mass is 127. The van der Waals surface area contributed by atoms with Gasteiger partial charge in [0, 0.05) is 9.26 Å². The molecule has 130 valence electrons. The standard InChI is InChI=1S/C20H14FIN2O2/c21-13-9-11-14(12-10-13)23-20(26)16-6-2-4-8-18(16)24-19(25)15-5-1-3-7-17(15)22/h1-12H,(H,23,26)(H,24,25). The topological polar surface area (TPSA) is 58.2 Å². The van der Waals surface area contributed by atoms with Gasteiger partial charge in [0.15, 0.2) is 0 Å². The Morgan fingerprint density at radius 3 is 2.00 bits per heavy atom.